The molecule has 0 atom stereocenters. The fraction of sp³-hybridized carbons (Fsp3) is 0.273. The number of methoxy groups -OCH3 is 1. The van der Waals surface area contributed by atoms with E-state index in [9.17, 15) is 4.79 Å². The standard InChI is InChI=1S/C22H23N3O2/c1-27-19-11-9-18(10-12-19)21-20(22(26)23-13-16-7-8-16)15-25(24-21)14-17-5-3-2-4-6-17/h2-6,9-12,15-16H,7-8,13-14H2,1H3,(H,23,26). The van der Waals surface area contributed by atoms with Gasteiger partial charge in [-0.05, 0) is 48.6 Å². The molecule has 0 unspecified atom stereocenters. The number of carbonyl (C=O) groups excluding carboxylic acids is 1. The van der Waals surface area contributed by atoms with Gasteiger partial charge in [-0.15, -0.1) is 0 Å². The van der Waals surface area contributed by atoms with Gasteiger partial charge in [0.05, 0.1) is 19.2 Å². The third-order valence-corrected chi connectivity index (χ3v) is 4.81. The maximum atomic E-state index is 12.8. The molecule has 1 aliphatic carbocycles. The number of nitrogens with zero attached hydrogens (tertiary/aromatic N) is 2. The Kier molecular flexibility index (Phi) is 4.92. The van der Waals surface area contributed by atoms with Crippen molar-refractivity contribution in [3.05, 3.63) is 71.9 Å². The van der Waals surface area contributed by atoms with E-state index in [0.717, 1.165) is 23.4 Å². The normalized spacial score (nSPS) is 13.4. The number of aromatic nitrogens is 2. The minimum atomic E-state index is -0.0629. The lowest BCUT2D eigenvalue weighted by Crippen LogP contribution is -2.25. The minimum Gasteiger partial charge on any atom is -0.497 e. The van der Waals surface area contributed by atoms with Gasteiger partial charge in [0.25, 0.3) is 5.91 Å². The molecular weight excluding hydrogens is 338 g/mol. The van der Waals surface area contributed by atoms with E-state index in [1.807, 2.05) is 53.3 Å². The van der Waals surface area contributed by atoms with Crippen LogP contribution in [0.15, 0.2) is 60.8 Å². The Bertz CT molecular complexity index is 912. The zero-order valence-electron chi connectivity index (χ0n) is 15.4. The first kappa shape index (κ1) is 17.3. The maximum absolute atomic E-state index is 12.8. The van der Waals surface area contributed by atoms with Gasteiger partial charge < -0.3 is 10.1 Å². The highest BCUT2D eigenvalue weighted by molar-refractivity contribution is 5.99. The molecule has 1 aliphatic rings. The van der Waals surface area contributed by atoms with Gasteiger partial charge >= 0.3 is 0 Å². The lowest BCUT2D eigenvalue weighted by Gasteiger charge is -2.05. The molecule has 4 rings (SSSR count). The van der Waals surface area contributed by atoms with Crippen LogP contribution in [-0.4, -0.2) is 29.3 Å². The van der Waals surface area contributed by atoms with Crippen molar-refractivity contribution < 1.29 is 9.53 Å². The van der Waals surface area contributed by atoms with Gasteiger partial charge in [0.15, 0.2) is 0 Å². The van der Waals surface area contributed by atoms with Crippen LogP contribution in [0.4, 0.5) is 0 Å². The van der Waals surface area contributed by atoms with Crippen LogP contribution in [0.5, 0.6) is 5.75 Å². The van der Waals surface area contributed by atoms with E-state index in [4.69, 9.17) is 9.84 Å². The van der Waals surface area contributed by atoms with Gasteiger partial charge in [0.2, 0.25) is 0 Å². The van der Waals surface area contributed by atoms with Crippen molar-refractivity contribution in [2.75, 3.05) is 13.7 Å². The van der Waals surface area contributed by atoms with Crippen LogP contribution in [0.2, 0.25) is 0 Å². The molecular formula is C22H23N3O2. The minimum absolute atomic E-state index is 0.0629. The second-order valence-corrected chi connectivity index (χ2v) is 6.96. The molecule has 0 radical (unpaired) electrons. The second kappa shape index (κ2) is 7.66. The molecule has 27 heavy (non-hydrogen) atoms. The van der Waals surface area contributed by atoms with Gasteiger partial charge in [-0.3, -0.25) is 9.48 Å². The van der Waals surface area contributed by atoms with Crippen LogP contribution in [0.25, 0.3) is 11.3 Å². The van der Waals surface area contributed by atoms with Crippen molar-refractivity contribution >= 4 is 5.91 Å². The monoisotopic (exact) mass is 361 g/mol. The molecule has 3 aromatic rings. The summed E-state index contributed by atoms with van der Waals surface area (Å²) in [5.74, 6) is 1.35. The third-order valence-electron chi connectivity index (χ3n) is 4.81. The van der Waals surface area contributed by atoms with E-state index in [0.29, 0.717) is 23.7 Å². The zero-order valence-corrected chi connectivity index (χ0v) is 15.4. The molecule has 1 N–H and O–H groups in total. The number of carbonyl (C=O) groups is 1. The van der Waals surface area contributed by atoms with Crippen molar-refractivity contribution in [2.45, 2.75) is 19.4 Å². The summed E-state index contributed by atoms with van der Waals surface area (Å²) >= 11 is 0. The second-order valence-electron chi connectivity index (χ2n) is 6.96. The van der Waals surface area contributed by atoms with Gasteiger partial charge in [0.1, 0.15) is 11.4 Å². The number of rotatable bonds is 7. The Morgan fingerprint density at radius 1 is 1.15 bits per heavy atom. The maximum Gasteiger partial charge on any atom is 0.255 e. The summed E-state index contributed by atoms with van der Waals surface area (Å²) in [4.78, 5) is 12.8. The predicted octanol–water partition coefficient (Wildman–Crippen LogP) is 3.75. The van der Waals surface area contributed by atoms with Gasteiger partial charge in [-0.1, -0.05) is 30.3 Å². The first-order valence-corrected chi connectivity index (χ1v) is 9.27. The van der Waals surface area contributed by atoms with Crippen LogP contribution >= 0.6 is 0 Å². The largest absolute Gasteiger partial charge is 0.497 e. The van der Waals surface area contributed by atoms with Crippen molar-refractivity contribution in [2.24, 2.45) is 5.92 Å². The number of hydrogen-bond donors (Lipinski definition) is 1. The number of hydrogen-bond acceptors (Lipinski definition) is 3. The summed E-state index contributed by atoms with van der Waals surface area (Å²) in [5, 5.41) is 7.76. The summed E-state index contributed by atoms with van der Waals surface area (Å²) < 4.78 is 7.07. The molecule has 0 aliphatic heterocycles. The predicted molar refractivity (Wildman–Crippen MR) is 105 cm³/mol. The van der Waals surface area contributed by atoms with Gasteiger partial charge in [-0.2, -0.15) is 5.10 Å². The summed E-state index contributed by atoms with van der Waals surface area (Å²) in [6.07, 6.45) is 4.26. The fourth-order valence-electron chi connectivity index (χ4n) is 3.06. The Hall–Kier alpha value is -3.08. The van der Waals surface area contributed by atoms with Crippen LogP contribution in [0.1, 0.15) is 28.8 Å². The lowest BCUT2D eigenvalue weighted by molar-refractivity contribution is 0.0952. The number of nitrogens with one attached hydrogen (secondary N) is 1. The third kappa shape index (κ3) is 4.19. The summed E-state index contributed by atoms with van der Waals surface area (Å²) in [6, 6.07) is 17.8. The molecule has 1 amide bonds. The van der Waals surface area contributed by atoms with Crippen LogP contribution < -0.4 is 10.1 Å². The van der Waals surface area contributed by atoms with Crippen molar-refractivity contribution in [3.63, 3.8) is 0 Å². The van der Waals surface area contributed by atoms with E-state index >= 15 is 0 Å². The SMILES string of the molecule is COc1ccc(-c2nn(Cc3ccccc3)cc2C(=O)NCC2CC2)cc1. The molecule has 0 saturated heterocycles. The van der Waals surface area contributed by atoms with E-state index in [-0.39, 0.29) is 5.91 Å². The Labute approximate surface area is 159 Å². The van der Waals surface area contributed by atoms with E-state index in [1.54, 1.807) is 7.11 Å². The summed E-state index contributed by atoms with van der Waals surface area (Å²) in [7, 11) is 1.64. The smallest absolute Gasteiger partial charge is 0.255 e. The number of ether oxygens (including phenoxy) is 1. The highest BCUT2D eigenvalue weighted by Crippen LogP contribution is 2.28. The average molecular weight is 361 g/mol. The Balaban J connectivity index is 1.64. The molecule has 1 aromatic heterocycles. The van der Waals surface area contributed by atoms with Crippen molar-refractivity contribution in [1.82, 2.24) is 15.1 Å². The number of amides is 1. The molecule has 138 valence electrons. The van der Waals surface area contributed by atoms with E-state index in [1.165, 1.54) is 12.8 Å². The highest BCUT2D eigenvalue weighted by atomic mass is 16.5. The Morgan fingerprint density at radius 2 is 1.89 bits per heavy atom. The van der Waals surface area contributed by atoms with E-state index < -0.39 is 0 Å². The zero-order chi connectivity index (χ0) is 18.6. The molecule has 5 heteroatoms. The van der Waals surface area contributed by atoms with Crippen LogP contribution in [-0.2, 0) is 6.54 Å². The first-order chi connectivity index (χ1) is 13.2. The average Bonchev–Trinajstić information content (AvgIpc) is 3.45. The van der Waals surface area contributed by atoms with Gasteiger partial charge in [-0.25, -0.2) is 0 Å². The highest BCUT2D eigenvalue weighted by Gasteiger charge is 2.24. The van der Waals surface area contributed by atoms with Crippen LogP contribution in [0, 0.1) is 5.92 Å². The molecule has 5 nitrogen and oxygen atoms in total. The molecule has 0 spiro atoms. The lowest BCUT2D eigenvalue weighted by atomic mass is 10.1. The van der Waals surface area contributed by atoms with Crippen molar-refractivity contribution in [1.29, 1.82) is 0 Å². The summed E-state index contributed by atoms with van der Waals surface area (Å²) in [6.45, 7) is 1.37. The topological polar surface area (TPSA) is 56.2 Å². The molecule has 1 heterocycles. The molecule has 1 saturated carbocycles. The van der Waals surface area contributed by atoms with Crippen LogP contribution in [0.3, 0.4) is 0 Å². The van der Waals surface area contributed by atoms with Gasteiger partial charge in [0, 0.05) is 18.3 Å². The molecule has 2 aromatic carbocycles. The molecule has 0 bridgehead atoms. The van der Waals surface area contributed by atoms with Crippen molar-refractivity contribution in [3.8, 4) is 17.0 Å². The fourth-order valence-corrected chi connectivity index (χ4v) is 3.06. The number of benzene rings is 2. The first-order valence-electron chi connectivity index (χ1n) is 9.27. The molecule has 1 fully saturated rings. The quantitative estimate of drug-likeness (QED) is 0.697. The summed E-state index contributed by atoms with van der Waals surface area (Å²) in [5.41, 5.74) is 3.35. The van der Waals surface area contributed by atoms with E-state index in [2.05, 4.69) is 17.4 Å². The Morgan fingerprint density at radius 3 is 2.56 bits per heavy atom.